The van der Waals surface area contributed by atoms with Crippen molar-refractivity contribution < 1.29 is 19.0 Å². The Morgan fingerprint density at radius 2 is 1.86 bits per heavy atom. The molecule has 0 radical (unpaired) electrons. The van der Waals surface area contributed by atoms with Crippen molar-refractivity contribution in [3.8, 4) is 29.6 Å². The second kappa shape index (κ2) is 8.63. The SMILES string of the molecule is C#CCn1c(=NC(=O)C(C)Oc2ccccc2)sc2c(OC)ccc(OC)c21. The lowest BCUT2D eigenvalue weighted by Crippen LogP contribution is -2.26. The van der Waals surface area contributed by atoms with Gasteiger partial charge in [-0.3, -0.25) is 4.79 Å². The molecule has 0 fully saturated rings. The molecule has 0 aliphatic heterocycles. The Morgan fingerprint density at radius 1 is 1.18 bits per heavy atom. The third kappa shape index (κ3) is 3.87. The Morgan fingerprint density at radius 3 is 2.50 bits per heavy atom. The van der Waals surface area contributed by atoms with Crippen molar-refractivity contribution in [3.05, 3.63) is 47.3 Å². The molecule has 2 aromatic carbocycles. The highest BCUT2D eigenvalue weighted by Gasteiger charge is 2.18. The van der Waals surface area contributed by atoms with Gasteiger partial charge in [-0.15, -0.1) is 6.42 Å². The van der Waals surface area contributed by atoms with Crippen LogP contribution in [0.4, 0.5) is 0 Å². The second-order valence-corrected chi connectivity index (χ2v) is 6.82. The van der Waals surface area contributed by atoms with E-state index >= 15 is 0 Å². The lowest BCUT2D eigenvalue weighted by Gasteiger charge is -2.10. The van der Waals surface area contributed by atoms with E-state index in [9.17, 15) is 4.79 Å². The van der Waals surface area contributed by atoms with Gasteiger partial charge in [0.05, 0.1) is 20.8 Å². The number of benzene rings is 2. The predicted octanol–water partition coefficient (Wildman–Crippen LogP) is 3.25. The Kier molecular flexibility index (Phi) is 6.02. The molecule has 0 bridgehead atoms. The van der Waals surface area contributed by atoms with E-state index in [0.29, 0.717) is 22.0 Å². The number of hydrogen-bond donors (Lipinski definition) is 0. The van der Waals surface area contributed by atoms with Crippen LogP contribution >= 0.6 is 11.3 Å². The van der Waals surface area contributed by atoms with Crippen molar-refractivity contribution in [3.63, 3.8) is 0 Å². The maximum atomic E-state index is 12.6. The number of carbonyl (C=O) groups excluding carboxylic acids is 1. The monoisotopic (exact) mass is 396 g/mol. The highest BCUT2D eigenvalue weighted by molar-refractivity contribution is 7.16. The van der Waals surface area contributed by atoms with Crippen LogP contribution in [0.5, 0.6) is 17.2 Å². The van der Waals surface area contributed by atoms with Gasteiger partial charge in [-0.1, -0.05) is 35.5 Å². The molecule has 0 saturated heterocycles. The maximum Gasteiger partial charge on any atom is 0.289 e. The number of para-hydroxylation sites is 1. The first-order valence-electron chi connectivity index (χ1n) is 8.57. The highest BCUT2D eigenvalue weighted by atomic mass is 32.1. The quantitative estimate of drug-likeness (QED) is 0.600. The fourth-order valence-electron chi connectivity index (χ4n) is 2.72. The summed E-state index contributed by atoms with van der Waals surface area (Å²) in [6.45, 7) is 1.91. The van der Waals surface area contributed by atoms with Crippen molar-refractivity contribution in [1.82, 2.24) is 4.57 Å². The lowest BCUT2D eigenvalue weighted by molar-refractivity contribution is -0.124. The predicted molar refractivity (Wildman–Crippen MR) is 109 cm³/mol. The number of carbonyl (C=O) groups is 1. The Labute approximate surface area is 167 Å². The Balaban J connectivity index is 2.07. The van der Waals surface area contributed by atoms with Crippen LogP contribution in [0.3, 0.4) is 0 Å². The van der Waals surface area contributed by atoms with Gasteiger partial charge in [0.1, 0.15) is 27.5 Å². The molecule has 0 aliphatic rings. The van der Waals surface area contributed by atoms with Gasteiger partial charge in [0.15, 0.2) is 10.9 Å². The average molecular weight is 396 g/mol. The van der Waals surface area contributed by atoms with E-state index in [4.69, 9.17) is 20.6 Å². The molecule has 1 aromatic heterocycles. The van der Waals surface area contributed by atoms with Gasteiger partial charge in [-0.2, -0.15) is 4.99 Å². The molecule has 1 unspecified atom stereocenters. The molecule has 3 aromatic rings. The van der Waals surface area contributed by atoms with E-state index in [2.05, 4.69) is 10.9 Å². The number of nitrogens with zero attached hydrogens (tertiary/aromatic N) is 2. The van der Waals surface area contributed by atoms with E-state index in [0.717, 1.165) is 10.2 Å². The molecule has 6 nitrogen and oxygen atoms in total. The normalized spacial score (nSPS) is 12.4. The van der Waals surface area contributed by atoms with Crippen LogP contribution in [0, 0.1) is 12.3 Å². The fraction of sp³-hybridized carbons (Fsp3) is 0.238. The van der Waals surface area contributed by atoms with Crippen LogP contribution in [0.1, 0.15) is 6.92 Å². The molecule has 0 saturated carbocycles. The van der Waals surface area contributed by atoms with Gasteiger partial charge in [0.25, 0.3) is 5.91 Å². The molecule has 0 aliphatic carbocycles. The van der Waals surface area contributed by atoms with Crippen molar-refractivity contribution >= 4 is 27.5 Å². The van der Waals surface area contributed by atoms with Crippen LogP contribution in [-0.2, 0) is 11.3 Å². The number of terminal acetylenes is 1. The van der Waals surface area contributed by atoms with Gasteiger partial charge in [-0.05, 0) is 31.2 Å². The lowest BCUT2D eigenvalue weighted by atomic mass is 10.3. The minimum Gasteiger partial charge on any atom is -0.495 e. The van der Waals surface area contributed by atoms with E-state index in [1.165, 1.54) is 11.3 Å². The van der Waals surface area contributed by atoms with Crippen molar-refractivity contribution in [2.24, 2.45) is 4.99 Å². The molecule has 0 spiro atoms. The Hall–Kier alpha value is -3.24. The van der Waals surface area contributed by atoms with Gasteiger partial charge >= 0.3 is 0 Å². The zero-order valence-electron chi connectivity index (χ0n) is 15.8. The largest absolute Gasteiger partial charge is 0.495 e. The standard InChI is InChI=1S/C21H20N2O4S/c1-5-13-23-18-16(25-3)11-12-17(26-4)19(18)28-21(23)22-20(24)14(2)27-15-9-7-6-8-10-15/h1,6-12,14H,13H2,2-4H3. The molecular formula is C21H20N2O4S. The van der Waals surface area contributed by atoms with Gasteiger partial charge in [-0.25, -0.2) is 0 Å². The zero-order valence-corrected chi connectivity index (χ0v) is 16.7. The fourth-order valence-corrected chi connectivity index (χ4v) is 3.86. The van der Waals surface area contributed by atoms with E-state index < -0.39 is 12.0 Å². The maximum absolute atomic E-state index is 12.6. The number of hydrogen-bond acceptors (Lipinski definition) is 5. The minimum absolute atomic E-state index is 0.240. The summed E-state index contributed by atoms with van der Waals surface area (Å²) in [5.74, 6) is 4.10. The topological polar surface area (TPSA) is 62.1 Å². The van der Waals surface area contributed by atoms with Crippen LogP contribution in [-0.4, -0.2) is 30.8 Å². The number of rotatable bonds is 6. The summed E-state index contributed by atoms with van der Waals surface area (Å²) < 4.78 is 19.2. The molecule has 1 amide bonds. The number of amides is 1. The van der Waals surface area contributed by atoms with Gasteiger partial charge < -0.3 is 18.8 Å². The third-order valence-electron chi connectivity index (χ3n) is 4.05. The zero-order chi connectivity index (χ0) is 20.1. The summed E-state index contributed by atoms with van der Waals surface area (Å²) in [7, 11) is 3.17. The molecule has 3 rings (SSSR count). The molecular weight excluding hydrogens is 376 g/mol. The number of ether oxygens (including phenoxy) is 3. The third-order valence-corrected chi connectivity index (χ3v) is 5.14. The first-order chi connectivity index (χ1) is 13.6. The van der Waals surface area contributed by atoms with Gasteiger partial charge in [0.2, 0.25) is 0 Å². The number of aromatic nitrogens is 1. The number of fused-ring (bicyclic) bond motifs is 1. The summed E-state index contributed by atoms with van der Waals surface area (Å²) in [6.07, 6.45) is 4.80. The molecule has 0 N–H and O–H groups in total. The van der Waals surface area contributed by atoms with E-state index in [-0.39, 0.29) is 6.54 Å². The summed E-state index contributed by atoms with van der Waals surface area (Å²) in [4.78, 5) is 17.4. The summed E-state index contributed by atoms with van der Waals surface area (Å²) in [5, 5.41) is 0. The van der Waals surface area contributed by atoms with Crippen LogP contribution < -0.4 is 19.0 Å². The van der Waals surface area contributed by atoms with E-state index in [1.54, 1.807) is 43.9 Å². The van der Waals surface area contributed by atoms with Crippen molar-refractivity contribution in [2.45, 2.75) is 19.6 Å². The van der Waals surface area contributed by atoms with Gasteiger partial charge in [0, 0.05) is 0 Å². The summed E-state index contributed by atoms with van der Waals surface area (Å²) >= 11 is 1.32. The van der Waals surface area contributed by atoms with Crippen LogP contribution in [0.25, 0.3) is 10.2 Å². The minimum atomic E-state index is -0.740. The summed E-state index contributed by atoms with van der Waals surface area (Å²) in [6, 6.07) is 12.8. The second-order valence-electron chi connectivity index (χ2n) is 5.85. The molecule has 1 atom stereocenters. The van der Waals surface area contributed by atoms with Crippen molar-refractivity contribution in [2.75, 3.05) is 14.2 Å². The molecule has 144 valence electrons. The highest BCUT2D eigenvalue weighted by Crippen LogP contribution is 2.35. The first kappa shape index (κ1) is 19.5. The smallest absolute Gasteiger partial charge is 0.289 e. The van der Waals surface area contributed by atoms with Crippen LogP contribution in [0.15, 0.2) is 47.5 Å². The molecule has 7 heteroatoms. The van der Waals surface area contributed by atoms with E-state index in [1.807, 2.05) is 24.3 Å². The first-order valence-corrected chi connectivity index (χ1v) is 9.38. The van der Waals surface area contributed by atoms with Crippen molar-refractivity contribution in [1.29, 1.82) is 0 Å². The average Bonchev–Trinajstić information content (AvgIpc) is 3.06. The van der Waals surface area contributed by atoms with Crippen LogP contribution in [0.2, 0.25) is 0 Å². The number of thiazole rings is 1. The molecule has 28 heavy (non-hydrogen) atoms. The molecule has 1 heterocycles. The summed E-state index contributed by atoms with van der Waals surface area (Å²) in [5.41, 5.74) is 0.744. The number of methoxy groups -OCH3 is 2. The Bertz CT molecular complexity index is 1090.